The van der Waals surface area contributed by atoms with E-state index in [-0.39, 0.29) is 21.7 Å². The summed E-state index contributed by atoms with van der Waals surface area (Å²) in [7, 11) is -4.42. The Morgan fingerprint density at radius 1 is 0.735 bits per heavy atom. The average Bonchev–Trinajstić information content (AvgIpc) is 2.58. The third-order valence-electron chi connectivity index (χ3n) is 8.43. The largest absolute Gasteiger partial charge is 0.473 e. The van der Waals surface area contributed by atoms with Gasteiger partial charge < -0.3 is 4.89 Å². The van der Waals surface area contributed by atoms with E-state index in [1.165, 1.54) is 0 Å². The Bertz CT molecular complexity index is 911. The lowest BCUT2D eigenvalue weighted by molar-refractivity contribution is -0.115. The third kappa shape index (κ3) is 4.49. The van der Waals surface area contributed by atoms with Gasteiger partial charge in [0.25, 0.3) is 0 Å². The van der Waals surface area contributed by atoms with Crippen molar-refractivity contribution in [2.45, 2.75) is 102 Å². The first-order chi connectivity index (χ1) is 15.1. The predicted octanol–water partition coefficient (Wildman–Crippen LogP) is 8.41. The highest BCUT2D eigenvalue weighted by Gasteiger charge is 2.63. The Morgan fingerprint density at radius 2 is 1.06 bits per heavy atom. The fourth-order valence-electron chi connectivity index (χ4n) is 6.04. The fraction of sp³-hybridized carbons (Fsp3) is 0.724. The fourth-order valence-corrected chi connectivity index (χ4v) is 7.22. The molecule has 1 N–H and O–H groups in total. The van der Waals surface area contributed by atoms with Crippen molar-refractivity contribution in [2.75, 3.05) is 0 Å². The minimum Gasteiger partial charge on any atom is -0.302 e. The van der Waals surface area contributed by atoms with Crippen LogP contribution in [0.3, 0.4) is 0 Å². The number of hydrogen-bond acceptors (Lipinski definition) is 3. The van der Waals surface area contributed by atoms with Gasteiger partial charge in [-0.15, -0.1) is 0 Å². The molecule has 192 valence electrons. The third-order valence-corrected chi connectivity index (χ3v) is 9.38. The van der Waals surface area contributed by atoms with Crippen molar-refractivity contribution >= 4 is 7.82 Å². The van der Waals surface area contributed by atoms with Crippen LogP contribution in [0.1, 0.15) is 89.5 Å². The van der Waals surface area contributed by atoms with Crippen LogP contribution in [-0.2, 0) is 13.6 Å². The number of allylic oxidation sites excluding steroid dienone is 4. The van der Waals surface area contributed by atoms with Crippen molar-refractivity contribution in [3.05, 3.63) is 47.6 Å². The van der Waals surface area contributed by atoms with Crippen LogP contribution in [-0.4, -0.2) is 17.1 Å². The number of phosphoric acid groups is 1. The van der Waals surface area contributed by atoms with E-state index in [9.17, 15) is 9.46 Å². The Labute approximate surface area is 208 Å². The van der Waals surface area contributed by atoms with Gasteiger partial charge in [0.1, 0.15) is 12.2 Å². The molecule has 3 aliphatic rings. The molecule has 5 heteroatoms. The Kier molecular flexibility index (Phi) is 6.54. The van der Waals surface area contributed by atoms with Crippen molar-refractivity contribution in [1.29, 1.82) is 0 Å². The van der Waals surface area contributed by atoms with Crippen molar-refractivity contribution in [3.63, 3.8) is 0 Å². The Hall–Kier alpha value is -0.930. The predicted molar refractivity (Wildman–Crippen MR) is 141 cm³/mol. The van der Waals surface area contributed by atoms with E-state index in [4.69, 9.17) is 9.05 Å². The van der Waals surface area contributed by atoms with Crippen molar-refractivity contribution < 1.29 is 18.5 Å². The molecular weight excluding hydrogens is 443 g/mol. The maximum absolute atomic E-state index is 13.8. The van der Waals surface area contributed by atoms with Crippen LogP contribution < -0.4 is 0 Å². The van der Waals surface area contributed by atoms with Crippen LogP contribution in [0.4, 0.5) is 0 Å². The number of rotatable bonds is 0. The zero-order chi connectivity index (χ0) is 26.2. The monoisotopic (exact) mass is 490 g/mol. The van der Waals surface area contributed by atoms with E-state index in [1.807, 2.05) is 0 Å². The lowest BCUT2D eigenvalue weighted by Gasteiger charge is -2.61. The normalized spacial score (nSPS) is 37.2. The second kappa shape index (κ2) is 8.04. The molecule has 3 rings (SSSR count). The second-order valence-electron chi connectivity index (χ2n) is 14.7. The van der Waals surface area contributed by atoms with E-state index in [2.05, 4.69) is 120 Å². The van der Waals surface area contributed by atoms with Gasteiger partial charge in [0, 0.05) is 10.8 Å². The summed E-state index contributed by atoms with van der Waals surface area (Å²) in [5.74, 6) is 0. The molecule has 0 amide bonds. The van der Waals surface area contributed by atoms with Crippen molar-refractivity contribution in [3.8, 4) is 0 Å². The first kappa shape index (κ1) is 27.7. The molecule has 1 saturated heterocycles. The van der Waals surface area contributed by atoms with Gasteiger partial charge in [-0.1, -0.05) is 120 Å². The summed E-state index contributed by atoms with van der Waals surface area (Å²) in [6, 6.07) is 0. The zero-order valence-electron chi connectivity index (χ0n) is 23.4. The molecule has 4 nitrogen and oxygen atoms in total. The first-order valence-corrected chi connectivity index (χ1v) is 14.1. The lowest BCUT2D eigenvalue weighted by atomic mass is 9.47. The van der Waals surface area contributed by atoms with Crippen molar-refractivity contribution in [2.24, 2.45) is 32.5 Å². The standard InChI is InChI=1S/C29H47O4P/c1-24(2,3)20-15-13-17-28(26(7,8)9)19-29(27(10,11)12)18-14-16-21(25(4,5)6)23(29)33-34(30,31)32-22(20)28/h13-18,22-23H,19H2,1-12H3,(H,30,31). The Morgan fingerprint density at radius 3 is 1.32 bits per heavy atom. The van der Waals surface area contributed by atoms with E-state index < -0.39 is 30.9 Å². The molecule has 0 aromatic rings. The van der Waals surface area contributed by atoms with Crippen LogP contribution >= 0.6 is 7.82 Å². The van der Waals surface area contributed by atoms with Gasteiger partial charge in [-0.2, -0.15) is 0 Å². The molecule has 0 bridgehead atoms. The first-order valence-electron chi connectivity index (χ1n) is 12.6. The van der Waals surface area contributed by atoms with E-state index in [0.29, 0.717) is 0 Å². The van der Waals surface area contributed by atoms with Crippen LogP contribution in [0.25, 0.3) is 0 Å². The molecule has 0 aromatic heterocycles. The SMILES string of the molecule is CC(C)(C)C1=CC=CC2(C(C)(C)C)CC3(C(C)(C)C)C=CC=C(C(C)(C)C)C3OP(=O)(O)OC12. The van der Waals surface area contributed by atoms with Gasteiger partial charge >= 0.3 is 7.82 Å². The van der Waals surface area contributed by atoms with Gasteiger partial charge in [-0.05, 0) is 39.2 Å². The molecule has 1 aliphatic heterocycles. The molecule has 0 spiro atoms. The molecule has 4 unspecified atom stereocenters. The topological polar surface area (TPSA) is 55.8 Å². The van der Waals surface area contributed by atoms with Crippen LogP contribution in [0.2, 0.25) is 0 Å². The Balaban J connectivity index is 2.40. The molecule has 4 atom stereocenters. The quantitative estimate of drug-likeness (QED) is 0.346. The van der Waals surface area contributed by atoms with E-state index in [1.54, 1.807) is 0 Å². The van der Waals surface area contributed by atoms with Gasteiger partial charge in [0.2, 0.25) is 0 Å². The summed E-state index contributed by atoms with van der Waals surface area (Å²) in [6.45, 7) is 26.2. The maximum Gasteiger partial charge on any atom is 0.473 e. The van der Waals surface area contributed by atoms with Gasteiger partial charge in [-0.3, -0.25) is 9.05 Å². The number of hydrogen-bond donors (Lipinski definition) is 1. The summed E-state index contributed by atoms with van der Waals surface area (Å²) in [5, 5.41) is 0. The van der Waals surface area contributed by atoms with Crippen LogP contribution in [0.15, 0.2) is 47.6 Å². The van der Waals surface area contributed by atoms with Crippen LogP contribution in [0, 0.1) is 32.5 Å². The van der Waals surface area contributed by atoms with Gasteiger partial charge in [-0.25, -0.2) is 4.57 Å². The summed E-state index contributed by atoms with van der Waals surface area (Å²) in [4.78, 5) is 11.3. The molecule has 0 saturated carbocycles. The van der Waals surface area contributed by atoms with Crippen molar-refractivity contribution in [1.82, 2.24) is 0 Å². The summed E-state index contributed by atoms with van der Waals surface area (Å²) >= 11 is 0. The second-order valence-corrected chi connectivity index (χ2v) is 16.0. The summed E-state index contributed by atoms with van der Waals surface area (Å²) in [6.07, 6.45) is 12.5. The molecule has 34 heavy (non-hydrogen) atoms. The number of fused-ring (bicyclic) bond motifs is 2. The molecule has 2 aliphatic carbocycles. The van der Waals surface area contributed by atoms with E-state index >= 15 is 0 Å². The van der Waals surface area contributed by atoms with Gasteiger partial charge in [0.05, 0.1) is 0 Å². The molecule has 0 aromatic carbocycles. The maximum atomic E-state index is 13.8. The van der Waals surface area contributed by atoms with E-state index in [0.717, 1.165) is 17.6 Å². The lowest BCUT2D eigenvalue weighted by Crippen LogP contribution is -2.59. The highest BCUT2D eigenvalue weighted by Crippen LogP contribution is 2.69. The van der Waals surface area contributed by atoms with Gasteiger partial charge in [0.15, 0.2) is 0 Å². The molecule has 1 heterocycles. The highest BCUT2D eigenvalue weighted by molar-refractivity contribution is 7.47. The zero-order valence-corrected chi connectivity index (χ0v) is 24.3. The number of phosphoric ester groups is 1. The molecule has 0 radical (unpaired) electrons. The summed E-state index contributed by atoms with van der Waals surface area (Å²) < 4.78 is 26.3. The minimum absolute atomic E-state index is 0.238. The average molecular weight is 491 g/mol. The van der Waals surface area contributed by atoms with Crippen LogP contribution in [0.5, 0.6) is 0 Å². The molecule has 1 fully saturated rings. The summed E-state index contributed by atoms with van der Waals surface area (Å²) in [5.41, 5.74) is 0.0157. The highest BCUT2D eigenvalue weighted by atomic mass is 31.2. The smallest absolute Gasteiger partial charge is 0.302 e. The minimum atomic E-state index is -4.42. The molecular formula is C29H47O4P.